The summed E-state index contributed by atoms with van der Waals surface area (Å²) in [5.41, 5.74) is 3.25. The molecule has 0 aromatic heterocycles. The minimum Gasteiger partial charge on any atom is -0.390 e. The predicted molar refractivity (Wildman–Crippen MR) is 104 cm³/mol. The molecule has 1 aliphatic heterocycles. The lowest BCUT2D eigenvalue weighted by Gasteiger charge is -2.26. The first-order valence-electron chi connectivity index (χ1n) is 9.36. The van der Waals surface area contributed by atoms with Gasteiger partial charge in [0.05, 0.1) is 12.3 Å². The second-order valence-electron chi connectivity index (χ2n) is 7.44. The zero-order valence-corrected chi connectivity index (χ0v) is 16.3. The lowest BCUT2D eigenvalue weighted by molar-refractivity contribution is -0.137. The van der Waals surface area contributed by atoms with E-state index in [0.717, 1.165) is 22.9 Å². The molecule has 3 rings (SSSR count). The van der Waals surface area contributed by atoms with Gasteiger partial charge in [0, 0.05) is 30.5 Å². The Bertz CT molecular complexity index is 879. The van der Waals surface area contributed by atoms with Crippen molar-refractivity contribution < 1.29 is 18.4 Å². The van der Waals surface area contributed by atoms with Crippen LogP contribution in [0.1, 0.15) is 37.0 Å². The molecular weight excluding hydrogens is 362 g/mol. The monoisotopic (exact) mass is 386 g/mol. The van der Waals surface area contributed by atoms with Crippen LogP contribution in [0.15, 0.2) is 47.6 Å². The van der Waals surface area contributed by atoms with Crippen LogP contribution in [0.2, 0.25) is 0 Å². The largest absolute Gasteiger partial charge is 0.390 e. The number of hydrogen-bond acceptors (Lipinski definition) is 3. The molecule has 2 aromatic rings. The number of benzene rings is 2. The number of carbonyl (C=O) groups is 1. The van der Waals surface area contributed by atoms with Crippen molar-refractivity contribution in [3.05, 3.63) is 70.8 Å². The summed E-state index contributed by atoms with van der Waals surface area (Å²) in [6.45, 7) is 5.94. The average molecular weight is 386 g/mol. The number of carbonyl (C=O) groups excluding carboxylic acids is 1. The summed E-state index contributed by atoms with van der Waals surface area (Å²) in [4.78, 5) is 19.7. The van der Waals surface area contributed by atoms with E-state index in [0.29, 0.717) is 6.42 Å². The van der Waals surface area contributed by atoms with Crippen molar-refractivity contribution in [3.63, 3.8) is 0 Å². The van der Waals surface area contributed by atoms with Gasteiger partial charge >= 0.3 is 0 Å². The van der Waals surface area contributed by atoms with Crippen LogP contribution in [-0.4, -0.2) is 29.2 Å². The fourth-order valence-corrected chi connectivity index (χ4v) is 3.14. The zero-order valence-electron chi connectivity index (χ0n) is 16.3. The SMILES string of the molecule is Cc1ccc(C2=NO[C@@H](CN(Cc3ccc(F)cc3F)C(=O)C(C)C)C2)cc1. The van der Waals surface area contributed by atoms with Crippen molar-refractivity contribution in [2.24, 2.45) is 11.1 Å². The average Bonchev–Trinajstić information content (AvgIpc) is 3.11. The van der Waals surface area contributed by atoms with Gasteiger partial charge in [-0.15, -0.1) is 0 Å². The van der Waals surface area contributed by atoms with E-state index in [1.807, 2.05) is 31.2 Å². The topological polar surface area (TPSA) is 41.9 Å². The van der Waals surface area contributed by atoms with E-state index in [4.69, 9.17) is 4.84 Å². The molecule has 1 aliphatic rings. The van der Waals surface area contributed by atoms with Crippen molar-refractivity contribution in [3.8, 4) is 0 Å². The Labute approximate surface area is 163 Å². The zero-order chi connectivity index (χ0) is 20.3. The maximum atomic E-state index is 14.1. The Morgan fingerprint density at radius 2 is 1.93 bits per heavy atom. The second-order valence-corrected chi connectivity index (χ2v) is 7.44. The number of hydrogen-bond donors (Lipinski definition) is 0. The van der Waals surface area contributed by atoms with E-state index < -0.39 is 11.6 Å². The third-order valence-corrected chi connectivity index (χ3v) is 4.72. The Morgan fingerprint density at radius 1 is 1.21 bits per heavy atom. The van der Waals surface area contributed by atoms with Crippen LogP contribution in [0.4, 0.5) is 8.78 Å². The normalized spacial score (nSPS) is 16.1. The summed E-state index contributed by atoms with van der Waals surface area (Å²) in [6.07, 6.45) is 0.263. The highest BCUT2D eigenvalue weighted by molar-refractivity contribution is 6.01. The molecule has 0 N–H and O–H groups in total. The third-order valence-electron chi connectivity index (χ3n) is 4.72. The van der Waals surface area contributed by atoms with Gasteiger partial charge < -0.3 is 9.74 Å². The van der Waals surface area contributed by atoms with Gasteiger partial charge in [0.1, 0.15) is 11.6 Å². The molecule has 2 aromatic carbocycles. The van der Waals surface area contributed by atoms with Crippen LogP contribution in [-0.2, 0) is 16.2 Å². The van der Waals surface area contributed by atoms with Gasteiger partial charge in [0.25, 0.3) is 0 Å². The highest BCUT2D eigenvalue weighted by atomic mass is 19.1. The van der Waals surface area contributed by atoms with Crippen LogP contribution < -0.4 is 0 Å². The van der Waals surface area contributed by atoms with Crippen LogP contribution in [0, 0.1) is 24.5 Å². The van der Waals surface area contributed by atoms with Gasteiger partial charge in [-0.3, -0.25) is 4.79 Å². The molecule has 1 atom stereocenters. The van der Waals surface area contributed by atoms with Crippen molar-refractivity contribution in [1.29, 1.82) is 0 Å². The Kier molecular flexibility index (Phi) is 6.07. The first-order chi connectivity index (χ1) is 13.3. The van der Waals surface area contributed by atoms with Crippen molar-refractivity contribution in [2.75, 3.05) is 6.54 Å². The number of amides is 1. The molecule has 0 unspecified atom stereocenters. The smallest absolute Gasteiger partial charge is 0.225 e. The maximum Gasteiger partial charge on any atom is 0.225 e. The molecule has 28 heavy (non-hydrogen) atoms. The van der Waals surface area contributed by atoms with E-state index in [2.05, 4.69) is 5.16 Å². The molecule has 0 aliphatic carbocycles. The molecule has 0 fully saturated rings. The number of oxime groups is 1. The van der Waals surface area contributed by atoms with Gasteiger partial charge in [-0.1, -0.05) is 54.9 Å². The quantitative estimate of drug-likeness (QED) is 0.736. The molecule has 0 saturated carbocycles. The summed E-state index contributed by atoms with van der Waals surface area (Å²) >= 11 is 0. The molecule has 0 spiro atoms. The van der Waals surface area contributed by atoms with Crippen LogP contribution in [0.3, 0.4) is 0 Å². The highest BCUT2D eigenvalue weighted by Gasteiger charge is 2.28. The van der Waals surface area contributed by atoms with Gasteiger partial charge in [0.2, 0.25) is 5.91 Å². The lowest BCUT2D eigenvalue weighted by atomic mass is 10.0. The molecule has 0 bridgehead atoms. The third kappa shape index (κ3) is 4.74. The van der Waals surface area contributed by atoms with Crippen molar-refractivity contribution in [1.82, 2.24) is 4.90 Å². The van der Waals surface area contributed by atoms with E-state index in [9.17, 15) is 13.6 Å². The molecular formula is C22H24F2N2O2. The Morgan fingerprint density at radius 3 is 2.57 bits per heavy atom. The van der Waals surface area contributed by atoms with E-state index in [1.165, 1.54) is 12.1 Å². The number of halogens is 2. The van der Waals surface area contributed by atoms with E-state index in [1.54, 1.807) is 18.7 Å². The minimum absolute atomic E-state index is 0.0584. The Hall–Kier alpha value is -2.76. The van der Waals surface area contributed by atoms with Gasteiger partial charge in [-0.05, 0) is 18.6 Å². The fourth-order valence-electron chi connectivity index (χ4n) is 3.14. The lowest BCUT2D eigenvalue weighted by Crippen LogP contribution is -2.39. The predicted octanol–water partition coefficient (Wildman–Crippen LogP) is 4.45. The summed E-state index contributed by atoms with van der Waals surface area (Å²) in [5.74, 6) is -1.66. The fraction of sp³-hybridized carbons (Fsp3) is 0.364. The van der Waals surface area contributed by atoms with Crippen LogP contribution >= 0.6 is 0 Å². The standard InChI is InChI=1S/C22H24F2N2O2/c1-14(2)22(27)26(12-17-8-9-18(23)10-20(17)24)13-19-11-21(25-28-19)16-6-4-15(3)5-7-16/h4-10,14,19H,11-13H2,1-3H3/t19-/m1/s1. The summed E-state index contributed by atoms with van der Waals surface area (Å²) < 4.78 is 27.2. The number of nitrogens with zero attached hydrogens (tertiary/aromatic N) is 2. The van der Waals surface area contributed by atoms with E-state index in [-0.39, 0.29) is 36.6 Å². The van der Waals surface area contributed by atoms with E-state index >= 15 is 0 Å². The minimum atomic E-state index is -0.662. The molecule has 1 heterocycles. The first kappa shape index (κ1) is 20.0. The summed E-state index contributed by atoms with van der Waals surface area (Å²) in [6, 6.07) is 11.4. The first-order valence-corrected chi connectivity index (χ1v) is 9.36. The molecule has 0 saturated heterocycles. The summed E-state index contributed by atoms with van der Waals surface area (Å²) in [7, 11) is 0. The Balaban J connectivity index is 1.70. The molecule has 1 amide bonds. The molecule has 148 valence electrons. The maximum absolute atomic E-state index is 14.1. The van der Waals surface area contributed by atoms with Gasteiger partial charge in [0.15, 0.2) is 6.10 Å². The van der Waals surface area contributed by atoms with Crippen molar-refractivity contribution in [2.45, 2.75) is 39.8 Å². The second kappa shape index (κ2) is 8.50. The van der Waals surface area contributed by atoms with Gasteiger partial charge in [-0.2, -0.15) is 0 Å². The van der Waals surface area contributed by atoms with Crippen LogP contribution in [0.25, 0.3) is 0 Å². The molecule has 4 nitrogen and oxygen atoms in total. The summed E-state index contributed by atoms with van der Waals surface area (Å²) in [5, 5.41) is 4.17. The van der Waals surface area contributed by atoms with Crippen molar-refractivity contribution >= 4 is 11.6 Å². The van der Waals surface area contributed by atoms with Gasteiger partial charge in [-0.25, -0.2) is 8.78 Å². The number of rotatable bonds is 6. The molecule has 0 radical (unpaired) electrons. The van der Waals surface area contributed by atoms with Crippen LogP contribution in [0.5, 0.6) is 0 Å². The highest BCUT2D eigenvalue weighted by Crippen LogP contribution is 2.21. The molecule has 6 heteroatoms. The number of aryl methyl sites for hydroxylation is 1.